The molecule has 2 heterocycles. The largest absolute Gasteiger partial charge is 0.255 e. The van der Waals surface area contributed by atoms with Crippen LogP contribution < -0.4 is 0 Å². The summed E-state index contributed by atoms with van der Waals surface area (Å²) in [4.78, 5) is 4.11. The summed E-state index contributed by atoms with van der Waals surface area (Å²) in [5.41, 5.74) is 1.94. The molecule has 0 spiro atoms. The first-order chi connectivity index (χ1) is 7.33. The lowest BCUT2D eigenvalue weighted by molar-refractivity contribution is 0.715. The van der Waals surface area contributed by atoms with E-state index in [-0.39, 0.29) is 0 Å². The second kappa shape index (κ2) is 4.57. The maximum absolute atomic E-state index is 5.90. The summed E-state index contributed by atoms with van der Waals surface area (Å²) in [5.74, 6) is 0. The van der Waals surface area contributed by atoms with Gasteiger partial charge in [-0.05, 0) is 24.4 Å². The van der Waals surface area contributed by atoms with Crippen molar-refractivity contribution < 1.29 is 0 Å². The van der Waals surface area contributed by atoms with E-state index in [1.807, 2.05) is 0 Å². The standard InChI is InChI=1S/C10H13ClN4/c1-2-3-4-5-8-6-12-10(11)15-7-13-14-9(8)15/h6-7H,2-5H2,1H3. The molecule has 0 amide bonds. The molecule has 80 valence electrons. The fraction of sp³-hybridized carbons (Fsp3) is 0.500. The van der Waals surface area contributed by atoms with Crippen LogP contribution in [0.1, 0.15) is 31.7 Å². The van der Waals surface area contributed by atoms with Crippen LogP contribution >= 0.6 is 11.6 Å². The van der Waals surface area contributed by atoms with E-state index in [1.54, 1.807) is 16.9 Å². The average molecular weight is 225 g/mol. The zero-order valence-electron chi connectivity index (χ0n) is 8.65. The summed E-state index contributed by atoms with van der Waals surface area (Å²) >= 11 is 5.90. The maximum atomic E-state index is 5.90. The highest BCUT2D eigenvalue weighted by molar-refractivity contribution is 6.28. The minimum absolute atomic E-state index is 0.411. The van der Waals surface area contributed by atoms with Gasteiger partial charge >= 0.3 is 0 Å². The molecule has 0 bridgehead atoms. The predicted octanol–water partition coefficient (Wildman–Crippen LogP) is 2.51. The molecule has 0 atom stereocenters. The molecule has 0 fully saturated rings. The number of halogens is 1. The van der Waals surface area contributed by atoms with Crippen LogP contribution in [-0.2, 0) is 6.42 Å². The third-order valence-electron chi connectivity index (χ3n) is 2.41. The summed E-state index contributed by atoms with van der Waals surface area (Å²) < 4.78 is 1.71. The SMILES string of the molecule is CCCCCc1cnc(Cl)n2cnnc12. The van der Waals surface area contributed by atoms with Crippen molar-refractivity contribution in [3.8, 4) is 0 Å². The molecule has 15 heavy (non-hydrogen) atoms. The Morgan fingerprint density at radius 1 is 1.40 bits per heavy atom. The Balaban J connectivity index is 2.27. The molecular weight excluding hydrogens is 212 g/mol. The van der Waals surface area contributed by atoms with E-state index in [2.05, 4.69) is 22.1 Å². The maximum Gasteiger partial charge on any atom is 0.209 e. The number of aryl methyl sites for hydroxylation is 1. The molecule has 2 aromatic heterocycles. The second-order valence-electron chi connectivity index (χ2n) is 3.53. The van der Waals surface area contributed by atoms with Gasteiger partial charge in [0.1, 0.15) is 6.33 Å². The van der Waals surface area contributed by atoms with Crippen LogP contribution in [0, 0.1) is 0 Å². The molecular formula is C10H13ClN4. The van der Waals surface area contributed by atoms with Crippen molar-refractivity contribution in [2.45, 2.75) is 32.6 Å². The molecule has 0 N–H and O–H groups in total. The van der Waals surface area contributed by atoms with Crippen LogP contribution in [0.3, 0.4) is 0 Å². The lowest BCUT2D eigenvalue weighted by atomic mass is 10.1. The number of rotatable bonds is 4. The molecule has 0 radical (unpaired) electrons. The van der Waals surface area contributed by atoms with Crippen LogP contribution in [-0.4, -0.2) is 19.6 Å². The van der Waals surface area contributed by atoms with E-state index < -0.39 is 0 Å². The highest BCUT2D eigenvalue weighted by atomic mass is 35.5. The highest BCUT2D eigenvalue weighted by Gasteiger charge is 2.06. The Hall–Kier alpha value is -1.16. The van der Waals surface area contributed by atoms with Crippen molar-refractivity contribution in [2.24, 2.45) is 0 Å². The average Bonchev–Trinajstić information content (AvgIpc) is 2.71. The van der Waals surface area contributed by atoms with E-state index in [9.17, 15) is 0 Å². The zero-order valence-corrected chi connectivity index (χ0v) is 9.41. The summed E-state index contributed by atoms with van der Waals surface area (Å²) in [7, 11) is 0. The van der Waals surface area contributed by atoms with Gasteiger partial charge in [-0.1, -0.05) is 19.8 Å². The number of hydrogen-bond acceptors (Lipinski definition) is 3. The normalized spacial score (nSPS) is 11.1. The monoisotopic (exact) mass is 224 g/mol. The fourth-order valence-corrected chi connectivity index (χ4v) is 1.75. The van der Waals surface area contributed by atoms with Gasteiger partial charge in [0.05, 0.1) is 0 Å². The van der Waals surface area contributed by atoms with Crippen LogP contribution in [0.5, 0.6) is 0 Å². The zero-order chi connectivity index (χ0) is 10.7. The number of aromatic nitrogens is 4. The van der Waals surface area contributed by atoms with Gasteiger partial charge in [-0.15, -0.1) is 10.2 Å². The number of unbranched alkanes of at least 4 members (excludes halogenated alkanes) is 2. The van der Waals surface area contributed by atoms with Crippen molar-refractivity contribution in [3.05, 3.63) is 23.4 Å². The lowest BCUT2D eigenvalue weighted by Gasteiger charge is -2.02. The molecule has 4 nitrogen and oxygen atoms in total. The third kappa shape index (κ3) is 2.09. The van der Waals surface area contributed by atoms with Crippen molar-refractivity contribution >= 4 is 17.2 Å². The molecule has 0 aromatic carbocycles. The molecule has 0 aliphatic heterocycles. The Morgan fingerprint density at radius 3 is 3.07 bits per heavy atom. The van der Waals surface area contributed by atoms with Gasteiger partial charge in [0.2, 0.25) is 5.28 Å². The summed E-state index contributed by atoms with van der Waals surface area (Å²) in [5, 5.41) is 8.30. The molecule has 0 saturated carbocycles. The summed E-state index contributed by atoms with van der Waals surface area (Å²) in [6.45, 7) is 2.19. The Morgan fingerprint density at radius 2 is 2.27 bits per heavy atom. The molecule has 0 aliphatic carbocycles. The van der Waals surface area contributed by atoms with Gasteiger partial charge in [0, 0.05) is 11.8 Å². The van der Waals surface area contributed by atoms with Gasteiger partial charge in [0.25, 0.3) is 0 Å². The minimum Gasteiger partial charge on any atom is -0.255 e. The quantitative estimate of drug-likeness (QED) is 0.592. The van der Waals surface area contributed by atoms with Gasteiger partial charge < -0.3 is 0 Å². The van der Waals surface area contributed by atoms with E-state index in [1.165, 1.54) is 12.8 Å². The van der Waals surface area contributed by atoms with Crippen molar-refractivity contribution in [1.82, 2.24) is 19.6 Å². The highest BCUT2D eigenvalue weighted by Crippen LogP contribution is 2.14. The van der Waals surface area contributed by atoms with Crippen LogP contribution in [0.15, 0.2) is 12.5 Å². The van der Waals surface area contributed by atoms with Crippen LogP contribution in [0.25, 0.3) is 5.65 Å². The first-order valence-corrected chi connectivity index (χ1v) is 5.54. The molecule has 5 heteroatoms. The van der Waals surface area contributed by atoms with E-state index in [0.717, 1.165) is 24.1 Å². The minimum atomic E-state index is 0.411. The van der Waals surface area contributed by atoms with Crippen LogP contribution in [0.4, 0.5) is 0 Å². The fourth-order valence-electron chi connectivity index (χ4n) is 1.58. The molecule has 0 aliphatic rings. The Bertz CT molecular complexity index is 452. The summed E-state index contributed by atoms with van der Waals surface area (Å²) in [6, 6.07) is 0. The van der Waals surface area contributed by atoms with Gasteiger partial charge in [-0.25, -0.2) is 4.98 Å². The van der Waals surface area contributed by atoms with E-state index >= 15 is 0 Å². The smallest absolute Gasteiger partial charge is 0.209 e. The number of nitrogens with zero attached hydrogens (tertiary/aromatic N) is 4. The van der Waals surface area contributed by atoms with Crippen molar-refractivity contribution in [1.29, 1.82) is 0 Å². The number of hydrogen-bond donors (Lipinski definition) is 0. The Labute approximate surface area is 93.3 Å². The third-order valence-corrected chi connectivity index (χ3v) is 2.69. The summed E-state index contributed by atoms with van der Waals surface area (Å²) in [6.07, 6.45) is 7.96. The molecule has 0 saturated heterocycles. The first kappa shape index (κ1) is 10.4. The topological polar surface area (TPSA) is 43.1 Å². The Kier molecular flexibility index (Phi) is 3.16. The van der Waals surface area contributed by atoms with Gasteiger partial charge in [0.15, 0.2) is 5.65 Å². The first-order valence-electron chi connectivity index (χ1n) is 5.16. The van der Waals surface area contributed by atoms with Crippen molar-refractivity contribution in [2.75, 3.05) is 0 Å². The van der Waals surface area contributed by atoms with E-state index in [0.29, 0.717) is 5.28 Å². The molecule has 2 rings (SSSR count). The lowest BCUT2D eigenvalue weighted by Crippen LogP contribution is -1.96. The van der Waals surface area contributed by atoms with E-state index in [4.69, 9.17) is 11.6 Å². The molecule has 2 aromatic rings. The van der Waals surface area contributed by atoms with Gasteiger partial charge in [-0.2, -0.15) is 0 Å². The second-order valence-corrected chi connectivity index (χ2v) is 3.87. The van der Waals surface area contributed by atoms with Crippen LogP contribution in [0.2, 0.25) is 5.28 Å². The number of fused-ring (bicyclic) bond motifs is 1. The molecule has 0 unspecified atom stereocenters. The predicted molar refractivity (Wildman–Crippen MR) is 59.0 cm³/mol. The van der Waals surface area contributed by atoms with Crippen molar-refractivity contribution in [3.63, 3.8) is 0 Å². The van der Waals surface area contributed by atoms with Gasteiger partial charge in [-0.3, -0.25) is 4.40 Å².